The molecule has 0 aliphatic rings. The lowest BCUT2D eigenvalue weighted by Crippen LogP contribution is -2.26. The Morgan fingerprint density at radius 2 is 1.95 bits per heavy atom. The SMILES string of the molecule is Cc1ccccc1CC(=O)NCCCc1ccccn1. The minimum Gasteiger partial charge on any atom is -0.356 e. The van der Waals surface area contributed by atoms with Crippen LogP contribution in [0.3, 0.4) is 0 Å². The maximum atomic E-state index is 11.8. The molecule has 0 saturated carbocycles. The highest BCUT2D eigenvalue weighted by Crippen LogP contribution is 2.07. The number of hydrogen-bond donors (Lipinski definition) is 1. The van der Waals surface area contributed by atoms with Crippen molar-refractivity contribution in [3.05, 3.63) is 65.5 Å². The van der Waals surface area contributed by atoms with E-state index in [0.29, 0.717) is 13.0 Å². The second-order valence-corrected chi connectivity index (χ2v) is 4.88. The van der Waals surface area contributed by atoms with E-state index < -0.39 is 0 Å². The van der Waals surface area contributed by atoms with Crippen LogP contribution in [0.25, 0.3) is 0 Å². The molecule has 0 saturated heterocycles. The predicted octanol–water partition coefficient (Wildman–Crippen LogP) is 2.68. The largest absolute Gasteiger partial charge is 0.356 e. The fourth-order valence-corrected chi connectivity index (χ4v) is 2.09. The smallest absolute Gasteiger partial charge is 0.224 e. The zero-order chi connectivity index (χ0) is 14.2. The molecule has 0 unspecified atom stereocenters. The highest BCUT2D eigenvalue weighted by molar-refractivity contribution is 5.78. The maximum absolute atomic E-state index is 11.8. The summed E-state index contributed by atoms with van der Waals surface area (Å²) in [6.07, 6.45) is 4.06. The van der Waals surface area contributed by atoms with Gasteiger partial charge in [0, 0.05) is 18.4 Å². The second kappa shape index (κ2) is 7.43. The van der Waals surface area contributed by atoms with Gasteiger partial charge in [-0.1, -0.05) is 30.3 Å². The molecule has 1 amide bonds. The van der Waals surface area contributed by atoms with Crippen molar-refractivity contribution in [3.8, 4) is 0 Å². The van der Waals surface area contributed by atoms with Crippen molar-refractivity contribution in [2.45, 2.75) is 26.2 Å². The summed E-state index contributed by atoms with van der Waals surface area (Å²) >= 11 is 0. The van der Waals surface area contributed by atoms with Gasteiger partial charge >= 0.3 is 0 Å². The number of nitrogens with one attached hydrogen (secondary N) is 1. The molecule has 0 aliphatic carbocycles. The molecule has 2 aromatic rings. The highest BCUT2D eigenvalue weighted by Gasteiger charge is 2.04. The number of carbonyl (C=O) groups excluding carboxylic acids is 1. The molecule has 104 valence electrons. The van der Waals surface area contributed by atoms with Crippen molar-refractivity contribution in [2.75, 3.05) is 6.54 Å². The Bertz CT molecular complexity index is 552. The van der Waals surface area contributed by atoms with Crippen molar-refractivity contribution in [1.82, 2.24) is 10.3 Å². The average Bonchev–Trinajstić information content (AvgIpc) is 2.47. The van der Waals surface area contributed by atoms with Crippen LogP contribution in [0.1, 0.15) is 23.2 Å². The Labute approximate surface area is 120 Å². The maximum Gasteiger partial charge on any atom is 0.224 e. The lowest BCUT2D eigenvalue weighted by Gasteiger charge is -2.07. The first-order chi connectivity index (χ1) is 9.75. The second-order valence-electron chi connectivity index (χ2n) is 4.88. The molecule has 1 N–H and O–H groups in total. The summed E-state index contributed by atoms with van der Waals surface area (Å²) in [7, 11) is 0. The molecule has 20 heavy (non-hydrogen) atoms. The number of carbonyl (C=O) groups is 1. The minimum atomic E-state index is 0.0836. The Morgan fingerprint density at radius 3 is 2.70 bits per heavy atom. The van der Waals surface area contributed by atoms with Gasteiger partial charge in [0.05, 0.1) is 6.42 Å². The van der Waals surface area contributed by atoms with Crippen LogP contribution >= 0.6 is 0 Å². The summed E-state index contributed by atoms with van der Waals surface area (Å²) < 4.78 is 0. The van der Waals surface area contributed by atoms with E-state index in [1.807, 2.05) is 49.4 Å². The van der Waals surface area contributed by atoms with Crippen molar-refractivity contribution >= 4 is 5.91 Å². The van der Waals surface area contributed by atoms with Gasteiger partial charge in [-0.15, -0.1) is 0 Å². The summed E-state index contributed by atoms with van der Waals surface area (Å²) in [6.45, 7) is 2.73. The minimum absolute atomic E-state index is 0.0836. The van der Waals surface area contributed by atoms with E-state index in [1.54, 1.807) is 6.20 Å². The Kier molecular flexibility index (Phi) is 5.30. The van der Waals surface area contributed by atoms with Crippen molar-refractivity contribution < 1.29 is 4.79 Å². The summed E-state index contributed by atoms with van der Waals surface area (Å²) in [5.74, 6) is 0.0836. The molecule has 1 aromatic heterocycles. The fourth-order valence-electron chi connectivity index (χ4n) is 2.09. The van der Waals surface area contributed by atoms with Crippen molar-refractivity contribution in [1.29, 1.82) is 0 Å². The number of pyridine rings is 1. The molecule has 3 nitrogen and oxygen atoms in total. The third-order valence-corrected chi connectivity index (χ3v) is 3.27. The molecule has 3 heteroatoms. The Hall–Kier alpha value is -2.16. The number of amides is 1. The van der Waals surface area contributed by atoms with Crippen LogP contribution in [0.15, 0.2) is 48.7 Å². The van der Waals surface area contributed by atoms with Crippen LogP contribution in [0, 0.1) is 6.92 Å². The first kappa shape index (κ1) is 14.3. The Balaban J connectivity index is 1.69. The predicted molar refractivity (Wildman–Crippen MR) is 80.5 cm³/mol. The number of hydrogen-bond acceptors (Lipinski definition) is 2. The van der Waals surface area contributed by atoms with E-state index in [1.165, 1.54) is 0 Å². The lowest BCUT2D eigenvalue weighted by molar-refractivity contribution is -0.120. The van der Waals surface area contributed by atoms with E-state index in [9.17, 15) is 4.79 Å². The normalized spacial score (nSPS) is 10.2. The fraction of sp³-hybridized carbons (Fsp3) is 0.294. The number of aryl methyl sites for hydroxylation is 2. The highest BCUT2D eigenvalue weighted by atomic mass is 16.1. The molecule has 2 rings (SSSR count). The van der Waals surface area contributed by atoms with Crippen LogP contribution in [0.2, 0.25) is 0 Å². The van der Waals surface area contributed by atoms with Gasteiger partial charge in [-0.2, -0.15) is 0 Å². The number of nitrogens with zero attached hydrogens (tertiary/aromatic N) is 1. The molecule has 0 bridgehead atoms. The monoisotopic (exact) mass is 268 g/mol. The van der Waals surface area contributed by atoms with Gasteiger partial charge in [-0.05, 0) is 43.0 Å². The zero-order valence-corrected chi connectivity index (χ0v) is 11.8. The van der Waals surface area contributed by atoms with Gasteiger partial charge in [-0.25, -0.2) is 0 Å². The standard InChI is InChI=1S/C17H20N2O/c1-14-7-2-3-8-15(14)13-17(20)19-12-6-10-16-9-4-5-11-18-16/h2-5,7-9,11H,6,10,12-13H2,1H3,(H,19,20). The summed E-state index contributed by atoms with van der Waals surface area (Å²) in [6, 6.07) is 13.9. The molecular weight excluding hydrogens is 248 g/mol. The quantitative estimate of drug-likeness (QED) is 0.818. The molecular formula is C17H20N2O. The van der Waals surface area contributed by atoms with Gasteiger partial charge in [0.15, 0.2) is 0 Å². The van der Waals surface area contributed by atoms with Gasteiger partial charge in [0.2, 0.25) is 5.91 Å². The lowest BCUT2D eigenvalue weighted by atomic mass is 10.1. The third kappa shape index (κ3) is 4.50. The van der Waals surface area contributed by atoms with Crippen LogP contribution in [0.5, 0.6) is 0 Å². The first-order valence-corrected chi connectivity index (χ1v) is 6.97. The first-order valence-electron chi connectivity index (χ1n) is 6.97. The number of rotatable bonds is 6. The summed E-state index contributed by atoms with van der Waals surface area (Å²) in [5, 5.41) is 2.96. The molecule has 0 atom stereocenters. The summed E-state index contributed by atoms with van der Waals surface area (Å²) in [5.41, 5.74) is 3.33. The summed E-state index contributed by atoms with van der Waals surface area (Å²) in [4.78, 5) is 16.1. The zero-order valence-electron chi connectivity index (χ0n) is 11.8. The van der Waals surface area contributed by atoms with Gasteiger partial charge in [0.25, 0.3) is 0 Å². The van der Waals surface area contributed by atoms with Gasteiger partial charge < -0.3 is 5.32 Å². The van der Waals surface area contributed by atoms with Gasteiger partial charge in [0.1, 0.15) is 0 Å². The average molecular weight is 268 g/mol. The third-order valence-electron chi connectivity index (χ3n) is 3.27. The van der Waals surface area contributed by atoms with Crippen molar-refractivity contribution in [3.63, 3.8) is 0 Å². The van der Waals surface area contributed by atoms with E-state index in [0.717, 1.165) is 29.7 Å². The number of aromatic nitrogens is 1. The molecule has 0 aliphatic heterocycles. The van der Waals surface area contributed by atoms with Gasteiger partial charge in [-0.3, -0.25) is 9.78 Å². The van der Waals surface area contributed by atoms with E-state index >= 15 is 0 Å². The van der Waals surface area contributed by atoms with Crippen molar-refractivity contribution in [2.24, 2.45) is 0 Å². The molecule has 0 spiro atoms. The van der Waals surface area contributed by atoms with Crippen LogP contribution < -0.4 is 5.32 Å². The number of benzene rings is 1. The Morgan fingerprint density at radius 1 is 1.15 bits per heavy atom. The topological polar surface area (TPSA) is 42.0 Å². The molecule has 0 fully saturated rings. The molecule has 1 aromatic carbocycles. The molecule has 0 radical (unpaired) electrons. The molecule has 1 heterocycles. The van der Waals surface area contributed by atoms with E-state index in [2.05, 4.69) is 10.3 Å². The van der Waals surface area contributed by atoms with E-state index in [-0.39, 0.29) is 5.91 Å². The van der Waals surface area contributed by atoms with Crippen LogP contribution in [-0.4, -0.2) is 17.4 Å². The van der Waals surface area contributed by atoms with Crippen LogP contribution in [0.4, 0.5) is 0 Å². The van der Waals surface area contributed by atoms with Crippen LogP contribution in [-0.2, 0) is 17.6 Å². The van der Waals surface area contributed by atoms with E-state index in [4.69, 9.17) is 0 Å².